The summed E-state index contributed by atoms with van der Waals surface area (Å²) in [6.07, 6.45) is 2.03. The van der Waals surface area contributed by atoms with E-state index in [0.717, 1.165) is 12.1 Å². The molecule has 29 heavy (non-hydrogen) atoms. The van der Waals surface area contributed by atoms with Gasteiger partial charge in [0.25, 0.3) is 6.43 Å². The monoisotopic (exact) mass is 403 g/mol. The topological polar surface area (TPSA) is 67.6 Å². The molecule has 1 amide bonds. The third-order valence-electron chi connectivity index (χ3n) is 6.95. The highest BCUT2D eigenvalue weighted by Gasteiger charge is 2.58. The maximum absolute atomic E-state index is 12.2. The minimum Gasteiger partial charge on any atom is -0.443 e. The van der Waals surface area contributed by atoms with Gasteiger partial charge < -0.3 is 19.3 Å². The fourth-order valence-electron chi connectivity index (χ4n) is 5.45. The first-order chi connectivity index (χ1) is 14.0. The van der Waals surface area contributed by atoms with Crippen LogP contribution in [0.1, 0.15) is 30.9 Å². The van der Waals surface area contributed by atoms with Crippen LogP contribution in [0.25, 0.3) is 11.3 Å². The summed E-state index contributed by atoms with van der Waals surface area (Å²) in [6, 6.07) is 8.31. The van der Waals surface area contributed by atoms with Crippen LogP contribution in [0.5, 0.6) is 0 Å². The Balaban J connectivity index is 1.27. The Morgan fingerprint density at radius 3 is 2.79 bits per heavy atom. The number of fused-ring (bicyclic) bond motifs is 3. The van der Waals surface area contributed by atoms with Crippen LogP contribution in [0.15, 0.2) is 36.8 Å². The number of carbonyl (C=O) groups excluding carboxylic acids is 1. The van der Waals surface area contributed by atoms with Crippen LogP contribution in [-0.4, -0.2) is 57.9 Å². The number of rotatable bonds is 3. The summed E-state index contributed by atoms with van der Waals surface area (Å²) in [4.78, 5) is 17.7. The molecule has 2 fully saturated rings. The van der Waals surface area contributed by atoms with Crippen LogP contribution < -0.4 is 0 Å². The quantitative estimate of drug-likeness (QED) is 0.854. The van der Waals surface area contributed by atoms with Gasteiger partial charge >= 0.3 is 6.09 Å². The molecule has 0 bridgehead atoms. The Morgan fingerprint density at radius 1 is 1.31 bits per heavy atom. The SMILES string of the molecule is O=C(OCC(F)F)N1CCC2(CC1)C[C@@H]([C@H]1c3ccccc3-c3cncn31)[C@H]2O. The van der Waals surface area contributed by atoms with Gasteiger partial charge in [0, 0.05) is 30.0 Å². The number of ether oxygens (including phenoxy) is 1. The first-order valence-electron chi connectivity index (χ1n) is 9.99. The van der Waals surface area contributed by atoms with Crippen molar-refractivity contribution in [2.45, 2.75) is 37.8 Å². The third kappa shape index (κ3) is 2.84. The highest BCUT2D eigenvalue weighted by atomic mass is 19.3. The molecule has 3 heterocycles. The number of imidazole rings is 1. The molecule has 1 aliphatic carbocycles. The van der Waals surface area contributed by atoms with Gasteiger partial charge in [-0.2, -0.15) is 0 Å². The molecule has 154 valence electrons. The lowest BCUT2D eigenvalue weighted by Gasteiger charge is -2.57. The Labute approximate surface area is 167 Å². The summed E-state index contributed by atoms with van der Waals surface area (Å²) in [6.45, 7) is -0.0354. The molecule has 6 nitrogen and oxygen atoms in total. The molecular weight excluding hydrogens is 380 g/mol. The van der Waals surface area contributed by atoms with Gasteiger partial charge in [0.15, 0.2) is 6.61 Å². The standard InChI is InChI=1S/C21H23F2N3O3/c22-17(23)11-29-20(28)25-7-5-21(6-8-25)9-15(19(21)27)18-14-4-2-1-3-13(14)16-10-24-12-26(16)18/h1-4,10,12,15,17-19,27H,5-9,11H2/t15-,18+,19+/m0/s1. The van der Waals surface area contributed by atoms with Crippen molar-refractivity contribution in [2.24, 2.45) is 11.3 Å². The number of hydrogen-bond acceptors (Lipinski definition) is 4. The van der Waals surface area contributed by atoms with E-state index < -0.39 is 25.2 Å². The second-order valence-corrected chi connectivity index (χ2v) is 8.35. The smallest absolute Gasteiger partial charge is 0.409 e. The van der Waals surface area contributed by atoms with E-state index in [1.165, 1.54) is 16.0 Å². The number of piperidine rings is 1. The molecule has 2 aliphatic heterocycles. The normalized spacial score (nSPS) is 26.9. The number of amides is 1. The zero-order valence-corrected chi connectivity index (χ0v) is 15.9. The van der Waals surface area contributed by atoms with Crippen molar-refractivity contribution in [3.63, 3.8) is 0 Å². The molecule has 1 saturated heterocycles. The van der Waals surface area contributed by atoms with Crippen molar-refractivity contribution < 1.29 is 23.4 Å². The van der Waals surface area contributed by atoms with E-state index in [0.29, 0.717) is 25.9 Å². The van der Waals surface area contributed by atoms with E-state index >= 15 is 0 Å². The van der Waals surface area contributed by atoms with Crippen LogP contribution in [0.2, 0.25) is 0 Å². The van der Waals surface area contributed by atoms with E-state index in [4.69, 9.17) is 0 Å². The summed E-state index contributed by atoms with van der Waals surface area (Å²) in [5.41, 5.74) is 3.24. The first kappa shape index (κ1) is 18.5. The third-order valence-corrected chi connectivity index (χ3v) is 6.95. The van der Waals surface area contributed by atoms with E-state index in [1.807, 2.05) is 24.7 Å². The summed E-state index contributed by atoms with van der Waals surface area (Å²) in [7, 11) is 0. The Hall–Kier alpha value is -2.48. The maximum atomic E-state index is 12.2. The molecule has 3 aliphatic rings. The Morgan fingerprint density at radius 2 is 2.07 bits per heavy atom. The molecule has 3 atom stereocenters. The van der Waals surface area contributed by atoms with Crippen LogP contribution in [0.4, 0.5) is 13.6 Å². The minimum atomic E-state index is -2.66. The lowest BCUT2D eigenvalue weighted by atomic mass is 9.53. The van der Waals surface area contributed by atoms with Gasteiger partial charge in [-0.05, 0) is 24.8 Å². The number of benzene rings is 1. The predicted octanol–water partition coefficient (Wildman–Crippen LogP) is 3.32. The van der Waals surface area contributed by atoms with Gasteiger partial charge in [0.2, 0.25) is 0 Å². The zero-order chi connectivity index (χ0) is 20.2. The predicted molar refractivity (Wildman–Crippen MR) is 101 cm³/mol. The van der Waals surface area contributed by atoms with Gasteiger partial charge in [-0.25, -0.2) is 18.6 Å². The summed E-state index contributed by atoms with van der Waals surface area (Å²) in [5, 5.41) is 11.2. The van der Waals surface area contributed by atoms with E-state index in [9.17, 15) is 18.7 Å². The van der Waals surface area contributed by atoms with Crippen molar-refractivity contribution in [1.29, 1.82) is 0 Å². The molecule has 0 radical (unpaired) electrons. The summed E-state index contributed by atoms with van der Waals surface area (Å²) < 4.78 is 31.3. The molecular formula is C21H23F2N3O3. The van der Waals surface area contributed by atoms with Gasteiger partial charge in [0.05, 0.1) is 30.4 Å². The number of nitrogens with zero attached hydrogens (tertiary/aromatic N) is 3. The van der Waals surface area contributed by atoms with E-state index in [2.05, 4.69) is 26.4 Å². The van der Waals surface area contributed by atoms with Crippen molar-refractivity contribution in [2.75, 3.05) is 19.7 Å². The minimum absolute atomic E-state index is 0.0679. The number of carbonyl (C=O) groups is 1. The molecule has 1 N–H and O–H groups in total. The fourth-order valence-corrected chi connectivity index (χ4v) is 5.45. The Kier molecular flexibility index (Phi) is 4.34. The molecule has 2 aromatic rings. The zero-order valence-electron chi connectivity index (χ0n) is 15.9. The highest BCUT2D eigenvalue weighted by molar-refractivity contribution is 5.69. The molecule has 1 spiro atoms. The maximum Gasteiger partial charge on any atom is 0.409 e. The Bertz CT molecular complexity index is 923. The molecule has 0 unspecified atom stereocenters. The van der Waals surface area contributed by atoms with Crippen LogP contribution >= 0.6 is 0 Å². The number of hydrogen-bond donors (Lipinski definition) is 1. The van der Waals surface area contributed by atoms with Crippen molar-refractivity contribution in [3.05, 3.63) is 42.4 Å². The average Bonchev–Trinajstić information content (AvgIpc) is 3.32. The van der Waals surface area contributed by atoms with E-state index in [-0.39, 0.29) is 17.4 Å². The summed E-state index contributed by atoms with van der Waals surface area (Å²) >= 11 is 0. The molecule has 1 aromatic carbocycles. The number of aliphatic hydroxyl groups excluding tert-OH is 1. The lowest BCUT2D eigenvalue weighted by molar-refractivity contribution is -0.156. The number of aliphatic hydroxyl groups is 1. The van der Waals surface area contributed by atoms with E-state index in [1.54, 1.807) is 0 Å². The molecule has 1 saturated carbocycles. The van der Waals surface area contributed by atoms with Gasteiger partial charge in [-0.15, -0.1) is 0 Å². The number of likely N-dealkylation sites (tertiary alicyclic amines) is 1. The van der Waals surface area contributed by atoms with Gasteiger partial charge in [-0.1, -0.05) is 24.3 Å². The number of halogens is 2. The highest BCUT2D eigenvalue weighted by Crippen LogP contribution is 2.59. The van der Waals surface area contributed by atoms with Crippen LogP contribution in [0.3, 0.4) is 0 Å². The average molecular weight is 403 g/mol. The molecule has 8 heteroatoms. The van der Waals surface area contributed by atoms with Crippen LogP contribution in [0, 0.1) is 11.3 Å². The largest absolute Gasteiger partial charge is 0.443 e. The fraction of sp³-hybridized carbons (Fsp3) is 0.524. The molecule has 1 aromatic heterocycles. The first-order valence-corrected chi connectivity index (χ1v) is 9.99. The summed E-state index contributed by atoms with van der Waals surface area (Å²) in [5.74, 6) is 0.0870. The van der Waals surface area contributed by atoms with Crippen molar-refractivity contribution >= 4 is 6.09 Å². The number of aromatic nitrogens is 2. The second-order valence-electron chi connectivity index (χ2n) is 8.35. The number of alkyl halides is 2. The van der Waals surface area contributed by atoms with Crippen molar-refractivity contribution in [1.82, 2.24) is 14.5 Å². The van der Waals surface area contributed by atoms with Gasteiger partial charge in [-0.3, -0.25) is 0 Å². The lowest BCUT2D eigenvalue weighted by Crippen LogP contribution is -2.60. The second kappa shape index (κ2) is 6.79. The van der Waals surface area contributed by atoms with Crippen LogP contribution in [-0.2, 0) is 4.74 Å². The van der Waals surface area contributed by atoms with Crippen molar-refractivity contribution in [3.8, 4) is 11.3 Å². The molecule has 5 rings (SSSR count). The van der Waals surface area contributed by atoms with Gasteiger partial charge in [0.1, 0.15) is 0 Å².